The predicted octanol–water partition coefficient (Wildman–Crippen LogP) is 3.87. The van der Waals surface area contributed by atoms with E-state index < -0.39 is 0 Å². The second-order valence-electron chi connectivity index (χ2n) is 4.45. The molecular weight excluding hydrogens is 286 g/mol. The highest BCUT2D eigenvalue weighted by Gasteiger charge is 2.04. The lowest BCUT2D eigenvalue weighted by Gasteiger charge is -1.98. The van der Waals surface area contributed by atoms with Gasteiger partial charge in [0.05, 0.1) is 11.0 Å². The first-order valence-electron chi connectivity index (χ1n) is 6.41. The van der Waals surface area contributed by atoms with Gasteiger partial charge in [-0.25, -0.2) is 4.98 Å². The topological polar surface area (TPSA) is 57.8 Å². The predicted molar refractivity (Wildman–Crippen MR) is 85.2 cm³/mol. The lowest BCUT2D eigenvalue weighted by Crippen LogP contribution is -2.08. The van der Waals surface area contributed by atoms with Crippen LogP contribution in [0.1, 0.15) is 5.56 Å². The van der Waals surface area contributed by atoms with Crippen LogP contribution in [0.4, 0.5) is 5.95 Å². The highest BCUT2D eigenvalue weighted by Crippen LogP contribution is 2.16. The van der Waals surface area contributed by atoms with Crippen molar-refractivity contribution >= 4 is 40.6 Å². The summed E-state index contributed by atoms with van der Waals surface area (Å²) in [7, 11) is 0. The zero-order valence-electron chi connectivity index (χ0n) is 11.0. The summed E-state index contributed by atoms with van der Waals surface area (Å²) in [5, 5.41) is 3.29. The number of nitrogens with one attached hydrogen (secondary N) is 2. The molecule has 0 aliphatic carbocycles. The standard InChI is InChI=1S/C16H12ClN3O/c17-12-6-2-1-5-11(12)9-10-15(21)20-16-18-13-7-3-4-8-14(13)19-16/h1-10H,(H2,18,19,20,21). The maximum Gasteiger partial charge on any atom is 0.250 e. The molecule has 0 unspecified atom stereocenters. The Morgan fingerprint density at radius 2 is 1.90 bits per heavy atom. The molecule has 0 saturated heterocycles. The van der Waals surface area contributed by atoms with Crippen molar-refractivity contribution in [1.82, 2.24) is 9.97 Å². The molecule has 0 fully saturated rings. The fourth-order valence-corrected chi connectivity index (χ4v) is 2.14. The Hall–Kier alpha value is -2.59. The van der Waals surface area contributed by atoms with Crippen LogP contribution in [0, 0.1) is 0 Å². The third kappa shape index (κ3) is 3.12. The van der Waals surface area contributed by atoms with Gasteiger partial charge in [-0.05, 0) is 29.8 Å². The maximum atomic E-state index is 11.9. The third-order valence-corrected chi connectivity index (χ3v) is 3.29. The Labute approximate surface area is 126 Å². The zero-order valence-corrected chi connectivity index (χ0v) is 11.8. The van der Waals surface area contributed by atoms with Crippen molar-refractivity contribution in [3.8, 4) is 0 Å². The van der Waals surface area contributed by atoms with Gasteiger partial charge in [-0.2, -0.15) is 0 Å². The first-order valence-corrected chi connectivity index (χ1v) is 6.78. The molecule has 1 amide bonds. The average Bonchev–Trinajstić information content (AvgIpc) is 2.88. The van der Waals surface area contributed by atoms with Crippen LogP contribution >= 0.6 is 11.6 Å². The SMILES string of the molecule is O=C(C=Cc1ccccc1Cl)Nc1nc2ccccc2[nH]1. The van der Waals surface area contributed by atoms with Crippen LogP contribution < -0.4 is 5.32 Å². The number of para-hydroxylation sites is 2. The summed E-state index contributed by atoms with van der Waals surface area (Å²) in [4.78, 5) is 19.2. The number of halogens is 1. The second kappa shape index (κ2) is 5.81. The van der Waals surface area contributed by atoms with E-state index >= 15 is 0 Å². The van der Waals surface area contributed by atoms with Crippen molar-refractivity contribution in [2.45, 2.75) is 0 Å². The molecule has 0 bridgehead atoms. The normalized spacial score (nSPS) is 11.1. The van der Waals surface area contributed by atoms with E-state index in [0.29, 0.717) is 11.0 Å². The summed E-state index contributed by atoms with van der Waals surface area (Å²) < 4.78 is 0. The first-order chi connectivity index (χ1) is 10.2. The molecule has 21 heavy (non-hydrogen) atoms. The van der Waals surface area contributed by atoms with Gasteiger partial charge in [0.15, 0.2) is 0 Å². The van der Waals surface area contributed by atoms with Gasteiger partial charge in [-0.3, -0.25) is 10.1 Å². The molecule has 0 saturated carbocycles. The number of H-pyrrole nitrogens is 1. The fourth-order valence-electron chi connectivity index (χ4n) is 1.95. The number of benzene rings is 2. The quantitative estimate of drug-likeness (QED) is 0.721. The van der Waals surface area contributed by atoms with Gasteiger partial charge in [0.25, 0.3) is 5.91 Å². The summed E-state index contributed by atoms with van der Waals surface area (Å²) >= 11 is 6.02. The number of nitrogens with zero attached hydrogens (tertiary/aromatic N) is 1. The van der Waals surface area contributed by atoms with Crippen molar-refractivity contribution in [1.29, 1.82) is 0 Å². The molecule has 0 aliphatic heterocycles. The highest BCUT2D eigenvalue weighted by atomic mass is 35.5. The van der Waals surface area contributed by atoms with E-state index in [2.05, 4.69) is 15.3 Å². The molecule has 0 spiro atoms. The molecule has 3 rings (SSSR count). The first kappa shape index (κ1) is 13.4. The monoisotopic (exact) mass is 297 g/mol. The van der Waals surface area contributed by atoms with Gasteiger partial charge in [0, 0.05) is 11.1 Å². The molecule has 0 radical (unpaired) electrons. The van der Waals surface area contributed by atoms with Crippen LogP contribution in [0.25, 0.3) is 17.1 Å². The Kier molecular flexibility index (Phi) is 3.71. The number of anilines is 1. The Morgan fingerprint density at radius 3 is 2.71 bits per heavy atom. The number of rotatable bonds is 3. The van der Waals surface area contributed by atoms with Crippen LogP contribution in [-0.4, -0.2) is 15.9 Å². The fraction of sp³-hybridized carbons (Fsp3) is 0. The van der Waals surface area contributed by atoms with Crippen molar-refractivity contribution < 1.29 is 4.79 Å². The number of fused-ring (bicyclic) bond motifs is 1. The third-order valence-electron chi connectivity index (χ3n) is 2.95. The smallest absolute Gasteiger partial charge is 0.250 e. The van der Waals surface area contributed by atoms with E-state index in [1.165, 1.54) is 6.08 Å². The molecule has 0 atom stereocenters. The van der Waals surface area contributed by atoms with E-state index in [-0.39, 0.29) is 5.91 Å². The Morgan fingerprint density at radius 1 is 1.14 bits per heavy atom. The van der Waals surface area contributed by atoms with Crippen molar-refractivity contribution in [3.05, 3.63) is 65.2 Å². The van der Waals surface area contributed by atoms with Crippen LogP contribution in [0.2, 0.25) is 5.02 Å². The Bertz CT molecular complexity index is 790. The van der Waals surface area contributed by atoms with Crippen molar-refractivity contribution in [2.24, 2.45) is 0 Å². The number of amides is 1. The van der Waals surface area contributed by atoms with E-state index in [0.717, 1.165) is 16.6 Å². The minimum absolute atomic E-state index is 0.269. The summed E-state index contributed by atoms with van der Waals surface area (Å²) in [6.07, 6.45) is 3.09. The van der Waals surface area contributed by atoms with E-state index in [9.17, 15) is 4.79 Å². The molecule has 5 heteroatoms. The van der Waals surface area contributed by atoms with Crippen LogP contribution in [0.3, 0.4) is 0 Å². The molecule has 1 aromatic heterocycles. The van der Waals surface area contributed by atoms with Gasteiger partial charge in [0.2, 0.25) is 5.95 Å². The average molecular weight is 298 g/mol. The minimum Gasteiger partial charge on any atom is -0.324 e. The maximum absolute atomic E-state index is 11.9. The molecule has 104 valence electrons. The van der Waals surface area contributed by atoms with Gasteiger partial charge >= 0.3 is 0 Å². The number of carbonyl (C=O) groups is 1. The van der Waals surface area contributed by atoms with Crippen molar-refractivity contribution in [3.63, 3.8) is 0 Å². The summed E-state index contributed by atoms with van der Waals surface area (Å²) in [5.74, 6) is 0.152. The number of imidazole rings is 1. The zero-order chi connectivity index (χ0) is 14.7. The molecule has 2 N–H and O–H groups in total. The van der Waals surface area contributed by atoms with Crippen molar-refractivity contribution in [2.75, 3.05) is 5.32 Å². The summed E-state index contributed by atoms with van der Waals surface area (Å²) in [6, 6.07) is 14.9. The summed E-state index contributed by atoms with van der Waals surface area (Å²) in [5.41, 5.74) is 2.48. The molecule has 1 heterocycles. The molecule has 3 aromatic rings. The molecular formula is C16H12ClN3O. The second-order valence-corrected chi connectivity index (χ2v) is 4.85. The highest BCUT2D eigenvalue weighted by molar-refractivity contribution is 6.32. The van der Waals surface area contributed by atoms with Gasteiger partial charge in [-0.15, -0.1) is 0 Å². The number of carbonyl (C=O) groups excluding carboxylic acids is 1. The minimum atomic E-state index is -0.269. The van der Waals surface area contributed by atoms with Gasteiger partial charge in [-0.1, -0.05) is 41.9 Å². The van der Waals surface area contributed by atoms with Crippen LogP contribution in [0.5, 0.6) is 0 Å². The van der Waals surface area contributed by atoms with E-state index in [1.807, 2.05) is 42.5 Å². The largest absolute Gasteiger partial charge is 0.324 e. The van der Waals surface area contributed by atoms with Gasteiger partial charge < -0.3 is 4.98 Å². The van der Waals surface area contributed by atoms with Crippen LogP contribution in [0.15, 0.2) is 54.6 Å². The number of hydrogen-bond donors (Lipinski definition) is 2. The Balaban J connectivity index is 1.73. The molecule has 0 aliphatic rings. The number of hydrogen-bond acceptors (Lipinski definition) is 2. The van der Waals surface area contributed by atoms with Crippen LogP contribution in [-0.2, 0) is 4.79 Å². The molecule has 4 nitrogen and oxygen atoms in total. The number of aromatic nitrogens is 2. The van der Waals surface area contributed by atoms with E-state index in [4.69, 9.17) is 11.6 Å². The lowest BCUT2D eigenvalue weighted by molar-refractivity contribution is -0.111. The summed E-state index contributed by atoms with van der Waals surface area (Å²) in [6.45, 7) is 0. The number of aromatic amines is 1. The van der Waals surface area contributed by atoms with Gasteiger partial charge in [0.1, 0.15) is 0 Å². The molecule has 2 aromatic carbocycles. The van der Waals surface area contributed by atoms with E-state index in [1.54, 1.807) is 12.1 Å². The lowest BCUT2D eigenvalue weighted by atomic mass is 10.2.